The molecule has 3 rings (SSSR count). The van der Waals surface area contributed by atoms with Gasteiger partial charge in [-0.05, 0) is 63.4 Å². The summed E-state index contributed by atoms with van der Waals surface area (Å²) in [6.45, 7) is 8.74. The Kier molecular flexibility index (Phi) is 7.35. The normalized spacial score (nSPS) is 11.5. The average Bonchev–Trinajstić information content (AvgIpc) is 3.16. The molecule has 7 nitrogen and oxygen atoms in total. The van der Waals surface area contributed by atoms with E-state index in [4.69, 9.17) is 14.0 Å². The molecule has 166 valence electrons. The van der Waals surface area contributed by atoms with Crippen LogP contribution >= 0.6 is 0 Å². The van der Waals surface area contributed by atoms with Crippen molar-refractivity contribution in [3.63, 3.8) is 0 Å². The van der Waals surface area contributed by atoms with E-state index in [0.717, 1.165) is 11.3 Å². The number of rotatable bonds is 10. The lowest BCUT2D eigenvalue weighted by Gasteiger charge is -2.13. The molecule has 3 aromatic rings. The van der Waals surface area contributed by atoms with E-state index >= 15 is 0 Å². The van der Waals surface area contributed by atoms with Gasteiger partial charge in [-0.3, -0.25) is 0 Å². The molecule has 0 amide bonds. The maximum absolute atomic E-state index is 12.9. The van der Waals surface area contributed by atoms with Crippen LogP contribution in [0, 0.1) is 13.8 Å². The van der Waals surface area contributed by atoms with Crippen molar-refractivity contribution >= 4 is 10.0 Å². The molecule has 0 saturated carbocycles. The molecule has 0 aliphatic heterocycles. The van der Waals surface area contributed by atoms with Crippen LogP contribution in [0.15, 0.2) is 51.9 Å². The number of ether oxygens (including phenoxy) is 2. The van der Waals surface area contributed by atoms with Gasteiger partial charge < -0.3 is 14.0 Å². The highest BCUT2D eigenvalue weighted by Gasteiger charge is 2.18. The summed E-state index contributed by atoms with van der Waals surface area (Å²) in [5.74, 6) is 1.88. The Morgan fingerprint density at radius 1 is 0.968 bits per heavy atom. The SMILES string of the molecule is CCOc1ccc(CCNS(=O)(=O)c2cc(-c3cc(C)no3)ccc2C)cc1OCC. The first kappa shape index (κ1) is 22.8. The van der Waals surface area contributed by atoms with Crippen molar-refractivity contribution in [1.29, 1.82) is 0 Å². The lowest BCUT2D eigenvalue weighted by Crippen LogP contribution is -2.26. The third-order valence-corrected chi connectivity index (χ3v) is 6.31. The zero-order chi connectivity index (χ0) is 22.4. The molecule has 1 heterocycles. The molecule has 0 aliphatic rings. The second-order valence-electron chi connectivity index (χ2n) is 7.11. The number of aryl methyl sites for hydroxylation is 2. The second-order valence-corrected chi connectivity index (χ2v) is 8.84. The Bertz CT molecular complexity index is 1140. The van der Waals surface area contributed by atoms with E-state index in [1.807, 2.05) is 45.0 Å². The minimum Gasteiger partial charge on any atom is -0.490 e. The maximum Gasteiger partial charge on any atom is 0.240 e. The van der Waals surface area contributed by atoms with Gasteiger partial charge in [0.05, 0.1) is 23.8 Å². The van der Waals surface area contributed by atoms with Crippen molar-refractivity contribution in [2.24, 2.45) is 0 Å². The summed E-state index contributed by atoms with van der Waals surface area (Å²) < 4.78 is 45.1. The molecule has 1 aromatic heterocycles. The van der Waals surface area contributed by atoms with Gasteiger partial charge in [0.1, 0.15) is 0 Å². The zero-order valence-corrected chi connectivity index (χ0v) is 19.1. The third-order valence-electron chi connectivity index (χ3n) is 4.70. The molecule has 0 bridgehead atoms. The summed E-state index contributed by atoms with van der Waals surface area (Å²) in [5, 5.41) is 3.87. The number of hydrogen-bond acceptors (Lipinski definition) is 6. The minimum absolute atomic E-state index is 0.223. The van der Waals surface area contributed by atoms with Gasteiger partial charge in [-0.2, -0.15) is 0 Å². The Morgan fingerprint density at radius 2 is 1.71 bits per heavy atom. The highest BCUT2D eigenvalue weighted by molar-refractivity contribution is 7.89. The fraction of sp³-hybridized carbons (Fsp3) is 0.348. The largest absolute Gasteiger partial charge is 0.490 e. The molecule has 0 radical (unpaired) electrons. The Morgan fingerprint density at radius 3 is 2.39 bits per heavy atom. The minimum atomic E-state index is -3.69. The van der Waals surface area contributed by atoms with Crippen molar-refractivity contribution in [2.75, 3.05) is 19.8 Å². The van der Waals surface area contributed by atoms with Crippen LogP contribution < -0.4 is 14.2 Å². The van der Waals surface area contributed by atoms with Gasteiger partial charge in [-0.25, -0.2) is 13.1 Å². The standard InChI is InChI=1S/C23H28N2O5S/c1-5-28-20-10-8-18(14-22(20)29-6-2)11-12-24-31(26,27)23-15-19(9-7-16(23)3)21-13-17(4)25-30-21/h7-10,13-15,24H,5-6,11-12H2,1-4H3. The summed E-state index contributed by atoms with van der Waals surface area (Å²) in [5.41, 5.74) is 3.02. The lowest BCUT2D eigenvalue weighted by atomic mass is 10.1. The number of nitrogens with one attached hydrogen (secondary N) is 1. The smallest absolute Gasteiger partial charge is 0.240 e. The summed E-state index contributed by atoms with van der Waals surface area (Å²) in [4.78, 5) is 0.223. The summed E-state index contributed by atoms with van der Waals surface area (Å²) in [6, 6.07) is 12.6. The molecule has 0 spiro atoms. The summed E-state index contributed by atoms with van der Waals surface area (Å²) >= 11 is 0. The summed E-state index contributed by atoms with van der Waals surface area (Å²) in [6.07, 6.45) is 0.520. The van der Waals surface area contributed by atoms with Crippen molar-refractivity contribution in [3.05, 3.63) is 59.3 Å². The second kappa shape index (κ2) is 9.98. The predicted molar refractivity (Wildman–Crippen MR) is 119 cm³/mol. The quantitative estimate of drug-likeness (QED) is 0.502. The molecule has 2 aromatic carbocycles. The maximum atomic E-state index is 12.9. The topological polar surface area (TPSA) is 90.7 Å². The van der Waals surface area contributed by atoms with E-state index in [9.17, 15) is 8.42 Å². The third kappa shape index (κ3) is 5.65. The van der Waals surface area contributed by atoms with Gasteiger partial charge >= 0.3 is 0 Å². The molecular weight excluding hydrogens is 416 g/mol. The first-order valence-electron chi connectivity index (χ1n) is 10.3. The molecule has 0 unspecified atom stereocenters. The monoisotopic (exact) mass is 444 g/mol. The van der Waals surface area contributed by atoms with Crippen LogP contribution in [0.25, 0.3) is 11.3 Å². The molecule has 1 N–H and O–H groups in total. The molecule has 0 aliphatic carbocycles. The van der Waals surface area contributed by atoms with Crippen LogP contribution in [0.4, 0.5) is 0 Å². The van der Waals surface area contributed by atoms with Gasteiger partial charge in [0.2, 0.25) is 10.0 Å². The molecule has 31 heavy (non-hydrogen) atoms. The van der Waals surface area contributed by atoms with Gasteiger partial charge in [0.15, 0.2) is 17.3 Å². The van der Waals surface area contributed by atoms with E-state index in [1.54, 1.807) is 25.1 Å². The predicted octanol–water partition coefficient (Wildman–Crippen LogP) is 4.28. The van der Waals surface area contributed by atoms with Crippen LogP contribution in [0.2, 0.25) is 0 Å². The number of nitrogens with zero attached hydrogens (tertiary/aromatic N) is 1. The van der Waals surface area contributed by atoms with Gasteiger partial charge in [0.25, 0.3) is 0 Å². The number of sulfonamides is 1. The number of hydrogen-bond donors (Lipinski definition) is 1. The number of aromatic nitrogens is 1. The van der Waals surface area contributed by atoms with Crippen LogP contribution in [-0.4, -0.2) is 33.3 Å². The van der Waals surface area contributed by atoms with Gasteiger partial charge in [-0.15, -0.1) is 0 Å². The van der Waals surface area contributed by atoms with E-state index in [-0.39, 0.29) is 11.4 Å². The van der Waals surface area contributed by atoms with Crippen LogP contribution in [0.1, 0.15) is 30.7 Å². The van der Waals surface area contributed by atoms with E-state index in [0.29, 0.717) is 48.0 Å². The molecule has 0 saturated heterocycles. The Hall–Kier alpha value is -2.84. The van der Waals surface area contributed by atoms with Crippen LogP contribution in [-0.2, 0) is 16.4 Å². The lowest BCUT2D eigenvalue weighted by molar-refractivity contribution is 0.287. The molecular formula is C23H28N2O5S. The van der Waals surface area contributed by atoms with E-state index in [1.165, 1.54) is 0 Å². The van der Waals surface area contributed by atoms with E-state index in [2.05, 4.69) is 9.88 Å². The Labute approximate surface area is 183 Å². The first-order chi connectivity index (χ1) is 14.8. The Balaban J connectivity index is 1.72. The van der Waals surface area contributed by atoms with Crippen molar-refractivity contribution < 1.29 is 22.4 Å². The van der Waals surface area contributed by atoms with Gasteiger partial charge in [-0.1, -0.05) is 23.4 Å². The highest BCUT2D eigenvalue weighted by Crippen LogP contribution is 2.29. The number of benzene rings is 2. The zero-order valence-electron chi connectivity index (χ0n) is 18.3. The van der Waals surface area contributed by atoms with Crippen molar-refractivity contribution in [1.82, 2.24) is 9.88 Å². The highest BCUT2D eigenvalue weighted by atomic mass is 32.2. The average molecular weight is 445 g/mol. The molecule has 8 heteroatoms. The summed E-state index contributed by atoms with van der Waals surface area (Å²) in [7, 11) is -3.69. The fourth-order valence-electron chi connectivity index (χ4n) is 3.20. The van der Waals surface area contributed by atoms with Crippen LogP contribution in [0.3, 0.4) is 0 Å². The van der Waals surface area contributed by atoms with Crippen molar-refractivity contribution in [3.8, 4) is 22.8 Å². The molecule has 0 fully saturated rings. The van der Waals surface area contributed by atoms with Crippen molar-refractivity contribution in [2.45, 2.75) is 39.0 Å². The molecule has 0 atom stereocenters. The van der Waals surface area contributed by atoms with Gasteiger partial charge in [0, 0.05) is 18.2 Å². The van der Waals surface area contributed by atoms with Crippen LogP contribution in [0.5, 0.6) is 11.5 Å². The van der Waals surface area contributed by atoms with E-state index < -0.39 is 10.0 Å². The first-order valence-corrected chi connectivity index (χ1v) is 11.7. The fourth-order valence-corrected chi connectivity index (χ4v) is 4.50.